The lowest BCUT2D eigenvalue weighted by atomic mass is 10.2. The molecule has 0 unspecified atom stereocenters. The fourth-order valence-electron chi connectivity index (χ4n) is 2.19. The topological polar surface area (TPSA) is 77.2 Å². The van der Waals surface area contributed by atoms with Gasteiger partial charge in [0.25, 0.3) is 0 Å². The van der Waals surface area contributed by atoms with E-state index in [0.717, 1.165) is 5.75 Å². The molecule has 0 bridgehead atoms. The van der Waals surface area contributed by atoms with Gasteiger partial charge in [-0.15, -0.1) is 22.0 Å². The van der Waals surface area contributed by atoms with Crippen molar-refractivity contribution >= 4 is 17.7 Å². The molecule has 2 heterocycles. The van der Waals surface area contributed by atoms with E-state index in [1.54, 1.807) is 36.2 Å². The Labute approximate surface area is 156 Å². The number of hydrogen-bond acceptors (Lipinski definition) is 6. The summed E-state index contributed by atoms with van der Waals surface area (Å²) < 4.78 is 10.7. The second-order valence-electron chi connectivity index (χ2n) is 5.41. The monoisotopic (exact) mass is 369 g/mol. The number of nitrogens with one attached hydrogen (secondary N) is 1. The molecule has 2 aromatic heterocycles. The number of furan rings is 1. The molecular weight excluding hydrogens is 350 g/mol. The first kappa shape index (κ1) is 18.0. The molecule has 134 valence electrons. The van der Waals surface area contributed by atoms with Crippen LogP contribution in [0.3, 0.4) is 0 Å². The van der Waals surface area contributed by atoms with Crippen LogP contribution in [0.25, 0.3) is 11.5 Å². The van der Waals surface area contributed by atoms with Crippen molar-refractivity contribution in [1.82, 2.24) is 15.5 Å². The first-order chi connectivity index (χ1) is 12.8. The Kier molecular flexibility index (Phi) is 6.66. The number of carbonyl (C=O) groups is 1. The lowest BCUT2D eigenvalue weighted by molar-refractivity contribution is -0.118. The van der Waals surface area contributed by atoms with Gasteiger partial charge >= 0.3 is 0 Å². The summed E-state index contributed by atoms with van der Waals surface area (Å²) >= 11 is 1.59. The van der Waals surface area contributed by atoms with Crippen molar-refractivity contribution in [2.24, 2.45) is 0 Å². The highest BCUT2D eigenvalue weighted by molar-refractivity contribution is 7.99. The number of thioether (sulfide) groups is 1. The second kappa shape index (κ2) is 9.62. The van der Waals surface area contributed by atoms with Crippen molar-refractivity contribution < 1.29 is 13.9 Å². The lowest BCUT2D eigenvalue weighted by Crippen LogP contribution is -2.29. The molecule has 0 radical (unpaired) electrons. The van der Waals surface area contributed by atoms with Crippen molar-refractivity contribution in [1.29, 1.82) is 0 Å². The zero-order valence-electron chi connectivity index (χ0n) is 14.1. The molecule has 7 heteroatoms. The van der Waals surface area contributed by atoms with Crippen molar-refractivity contribution in [2.45, 2.75) is 5.75 Å². The molecule has 3 aromatic rings. The van der Waals surface area contributed by atoms with Gasteiger partial charge in [0.1, 0.15) is 12.3 Å². The van der Waals surface area contributed by atoms with Crippen LogP contribution in [0.15, 0.2) is 65.3 Å². The van der Waals surface area contributed by atoms with Gasteiger partial charge in [-0.3, -0.25) is 4.79 Å². The van der Waals surface area contributed by atoms with Crippen LogP contribution in [0.5, 0.6) is 5.88 Å². The minimum Gasteiger partial charge on any atom is -0.475 e. The number of ether oxygens (including phenoxy) is 1. The van der Waals surface area contributed by atoms with Gasteiger partial charge < -0.3 is 14.5 Å². The number of rotatable bonds is 9. The molecular formula is C19H19N3O3S. The van der Waals surface area contributed by atoms with Gasteiger partial charge in [0.15, 0.2) is 5.76 Å². The molecule has 0 aliphatic rings. The summed E-state index contributed by atoms with van der Waals surface area (Å²) in [5, 5.41) is 10.9. The average molecular weight is 369 g/mol. The summed E-state index contributed by atoms with van der Waals surface area (Å²) in [6, 6.07) is 17.2. The van der Waals surface area contributed by atoms with E-state index >= 15 is 0 Å². The van der Waals surface area contributed by atoms with E-state index in [2.05, 4.69) is 27.6 Å². The molecule has 0 fully saturated rings. The Morgan fingerprint density at radius 2 is 1.96 bits per heavy atom. The van der Waals surface area contributed by atoms with Gasteiger partial charge in [0, 0.05) is 11.8 Å². The van der Waals surface area contributed by atoms with Crippen LogP contribution >= 0.6 is 11.8 Å². The Balaban J connectivity index is 1.30. The SMILES string of the molecule is O=C(CSCc1ccccc1)NCCOc1ccc(-c2ccco2)nn1. The zero-order valence-corrected chi connectivity index (χ0v) is 14.9. The Hall–Kier alpha value is -2.80. The zero-order chi connectivity index (χ0) is 18.0. The quantitative estimate of drug-likeness (QED) is 0.584. The van der Waals surface area contributed by atoms with E-state index in [1.165, 1.54) is 5.56 Å². The fourth-order valence-corrected chi connectivity index (χ4v) is 3.00. The van der Waals surface area contributed by atoms with Crippen LogP contribution in [0.2, 0.25) is 0 Å². The minimum absolute atomic E-state index is 0.00576. The molecule has 3 rings (SSSR count). The molecule has 1 aromatic carbocycles. The number of hydrogen-bond donors (Lipinski definition) is 1. The highest BCUT2D eigenvalue weighted by Gasteiger charge is 2.05. The maximum Gasteiger partial charge on any atom is 0.233 e. The van der Waals surface area contributed by atoms with Crippen molar-refractivity contribution in [3.8, 4) is 17.3 Å². The molecule has 0 aliphatic carbocycles. The molecule has 0 atom stereocenters. The third kappa shape index (κ3) is 5.63. The van der Waals surface area contributed by atoms with Gasteiger partial charge in [-0.2, -0.15) is 0 Å². The predicted octanol–water partition coefficient (Wildman–Crippen LogP) is 3.17. The van der Waals surface area contributed by atoms with E-state index < -0.39 is 0 Å². The molecule has 0 saturated carbocycles. The van der Waals surface area contributed by atoms with E-state index in [0.29, 0.717) is 36.2 Å². The fraction of sp³-hybridized carbons (Fsp3) is 0.211. The van der Waals surface area contributed by atoms with Crippen LogP contribution in [0.4, 0.5) is 0 Å². The molecule has 0 saturated heterocycles. The lowest BCUT2D eigenvalue weighted by Gasteiger charge is -2.07. The van der Waals surface area contributed by atoms with E-state index in [1.807, 2.05) is 24.3 Å². The molecule has 0 spiro atoms. The Morgan fingerprint density at radius 3 is 2.69 bits per heavy atom. The van der Waals surface area contributed by atoms with Gasteiger partial charge in [-0.05, 0) is 23.8 Å². The Bertz CT molecular complexity index is 793. The predicted molar refractivity (Wildman–Crippen MR) is 101 cm³/mol. The number of nitrogens with zero attached hydrogens (tertiary/aromatic N) is 2. The van der Waals surface area contributed by atoms with Crippen LogP contribution in [-0.2, 0) is 10.5 Å². The van der Waals surface area contributed by atoms with Gasteiger partial charge in [-0.25, -0.2) is 0 Å². The van der Waals surface area contributed by atoms with Gasteiger partial charge in [-0.1, -0.05) is 30.3 Å². The van der Waals surface area contributed by atoms with Crippen LogP contribution in [-0.4, -0.2) is 35.0 Å². The minimum atomic E-state index is -0.00576. The summed E-state index contributed by atoms with van der Waals surface area (Å²) in [6.07, 6.45) is 1.59. The van der Waals surface area contributed by atoms with Gasteiger partial charge in [0.05, 0.1) is 18.6 Å². The standard InChI is InChI=1S/C19H19N3O3S/c23-18(14-26-13-15-5-2-1-3-6-15)20-10-12-25-19-9-8-16(21-22-19)17-7-4-11-24-17/h1-9,11H,10,12-14H2,(H,20,23). The highest BCUT2D eigenvalue weighted by Crippen LogP contribution is 2.17. The summed E-state index contributed by atoms with van der Waals surface area (Å²) in [5.74, 6) is 2.31. The molecule has 1 N–H and O–H groups in total. The summed E-state index contributed by atoms with van der Waals surface area (Å²) in [5.41, 5.74) is 1.86. The third-order valence-electron chi connectivity index (χ3n) is 3.43. The first-order valence-electron chi connectivity index (χ1n) is 8.20. The summed E-state index contributed by atoms with van der Waals surface area (Å²) in [4.78, 5) is 11.8. The average Bonchev–Trinajstić information content (AvgIpc) is 3.21. The van der Waals surface area contributed by atoms with E-state index in [4.69, 9.17) is 9.15 Å². The number of carbonyl (C=O) groups excluding carboxylic acids is 1. The summed E-state index contributed by atoms with van der Waals surface area (Å²) in [7, 11) is 0. The normalized spacial score (nSPS) is 10.5. The molecule has 0 aliphatic heterocycles. The molecule has 26 heavy (non-hydrogen) atoms. The summed E-state index contributed by atoms with van der Waals surface area (Å²) in [6.45, 7) is 0.760. The van der Waals surface area contributed by atoms with Crippen LogP contribution in [0.1, 0.15) is 5.56 Å². The Morgan fingerprint density at radius 1 is 1.08 bits per heavy atom. The third-order valence-corrected chi connectivity index (χ3v) is 4.44. The van der Waals surface area contributed by atoms with Crippen LogP contribution < -0.4 is 10.1 Å². The largest absolute Gasteiger partial charge is 0.475 e. The number of amides is 1. The highest BCUT2D eigenvalue weighted by atomic mass is 32.2. The van der Waals surface area contributed by atoms with E-state index in [9.17, 15) is 4.79 Å². The van der Waals surface area contributed by atoms with E-state index in [-0.39, 0.29) is 5.91 Å². The number of benzene rings is 1. The first-order valence-corrected chi connectivity index (χ1v) is 9.35. The smallest absolute Gasteiger partial charge is 0.233 e. The van der Waals surface area contributed by atoms with Gasteiger partial charge in [0.2, 0.25) is 11.8 Å². The van der Waals surface area contributed by atoms with Crippen molar-refractivity contribution in [3.63, 3.8) is 0 Å². The maximum atomic E-state index is 11.8. The molecule has 6 nitrogen and oxygen atoms in total. The van der Waals surface area contributed by atoms with Crippen molar-refractivity contribution in [2.75, 3.05) is 18.9 Å². The maximum absolute atomic E-state index is 11.8. The van der Waals surface area contributed by atoms with Crippen molar-refractivity contribution in [3.05, 3.63) is 66.4 Å². The molecule has 1 amide bonds. The second-order valence-corrected chi connectivity index (χ2v) is 6.40. The number of aromatic nitrogens is 2. The van der Waals surface area contributed by atoms with Crippen LogP contribution in [0, 0.1) is 0 Å².